The lowest BCUT2D eigenvalue weighted by Gasteiger charge is -2.10. The second-order valence-electron chi connectivity index (χ2n) is 2.01. The molecule has 0 rings (SSSR count). The van der Waals surface area contributed by atoms with Gasteiger partial charge in [0.1, 0.15) is 0 Å². The average Bonchev–Trinajstić information content (AvgIpc) is 1.99. The van der Waals surface area contributed by atoms with Crippen LogP contribution in [0.15, 0.2) is 12.7 Å². The molecular weight excluding hydrogens is 128 g/mol. The minimum atomic E-state index is -0.137. The van der Waals surface area contributed by atoms with Crippen LogP contribution in [0, 0.1) is 0 Å². The summed E-state index contributed by atoms with van der Waals surface area (Å²) in [7, 11) is 3.56. The predicted octanol–water partition coefficient (Wildman–Crippen LogP) is -0.451. The van der Waals surface area contributed by atoms with Crippen molar-refractivity contribution < 1.29 is 4.79 Å². The van der Waals surface area contributed by atoms with Gasteiger partial charge in [0.05, 0.1) is 6.04 Å². The molecule has 10 heavy (non-hydrogen) atoms. The zero-order valence-electron chi connectivity index (χ0n) is 6.48. The molecule has 0 bridgehead atoms. The third-order valence-electron chi connectivity index (χ3n) is 1.30. The molecule has 0 saturated carbocycles. The maximum atomic E-state index is 10.9. The minimum absolute atomic E-state index is 0.0249. The largest absolute Gasteiger partial charge is 0.318 e. The molecule has 0 heterocycles. The topological polar surface area (TPSA) is 41.1 Å². The van der Waals surface area contributed by atoms with Crippen LogP contribution in [0.25, 0.3) is 0 Å². The van der Waals surface area contributed by atoms with E-state index in [1.54, 1.807) is 14.1 Å². The number of rotatable bonds is 5. The first-order valence-corrected chi connectivity index (χ1v) is 3.24. The first-order chi connectivity index (χ1) is 4.76. The summed E-state index contributed by atoms with van der Waals surface area (Å²) in [6.45, 7) is 4.03. The zero-order chi connectivity index (χ0) is 7.98. The highest BCUT2D eigenvalue weighted by Crippen LogP contribution is 1.83. The fraction of sp³-hybridized carbons (Fsp3) is 0.571. The molecule has 0 aromatic heterocycles. The van der Waals surface area contributed by atoms with Gasteiger partial charge in [0.15, 0.2) is 5.78 Å². The van der Waals surface area contributed by atoms with Gasteiger partial charge in [0.2, 0.25) is 0 Å². The Morgan fingerprint density at radius 3 is 2.60 bits per heavy atom. The van der Waals surface area contributed by atoms with Crippen molar-refractivity contribution in [2.45, 2.75) is 6.04 Å². The Balaban J connectivity index is 3.79. The fourth-order valence-electron chi connectivity index (χ4n) is 0.691. The lowest BCUT2D eigenvalue weighted by Crippen LogP contribution is -2.40. The Bertz CT molecular complexity index is 123. The molecule has 0 spiro atoms. The summed E-state index contributed by atoms with van der Waals surface area (Å²) in [5.41, 5.74) is 0. The van der Waals surface area contributed by atoms with E-state index in [9.17, 15) is 4.79 Å². The SMILES string of the molecule is C=CC(=O)C(CNC)NC. The van der Waals surface area contributed by atoms with Crippen LogP contribution in [0.5, 0.6) is 0 Å². The van der Waals surface area contributed by atoms with Crippen molar-refractivity contribution in [2.24, 2.45) is 0 Å². The second kappa shape index (κ2) is 5.14. The molecule has 1 atom stereocenters. The van der Waals surface area contributed by atoms with Crippen molar-refractivity contribution >= 4 is 5.78 Å². The van der Waals surface area contributed by atoms with E-state index in [-0.39, 0.29) is 11.8 Å². The molecule has 0 aromatic rings. The molecule has 0 saturated heterocycles. The van der Waals surface area contributed by atoms with E-state index in [2.05, 4.69) is 17.2 Å². The summed E-state index contributed by atoms with van der Waals surface area (Å²) in [6.07, 6.45) is 1.33. The van der Waals surface area contributed by atoms with Crippen LogP contribution in [0.1, 0.15) is 0 Å². The van der Waals surface area contributed by atoms with Crippen LogP contribution in [0.2, 0.25) is 0 Å². The van der Waals surface area contributed by atoms with Crippen LogP contribution >= 0.6 is 0 Å². The molecular formula is C7H14N2O. The van der Waals surface area contributed by atoms with E-state index in [0.717, 1.165) is 0 Å². The predicted molar refractivity (Wildman–Crippen MR) is 42.0 cm³/mol. The van der Waals surface area contributed by atoms with E-state index in [1.807, 2.05) is 0 Å². The van der Waals surface area contributed by atoms with Crippen LogP contribution in [-0.4, -0.2) is 32.5 Å². The van der Waals surface area contributed by atoms with Gasteiger partial charge >= 0.3 is 0 Å². The van der Waals surface area contributed by atoms with Gasteiger partial charge in [-0.25, -0.2) is 0 Å². The Kier molecular flexibility index (Phi) is 4.80. The van der Waals surface area contributed by atoms with E-state index in [1.165, 1.54) is 6.08 Å². The van der Waals surface area contributed by atoms with Gasteiger partial charge in [-0.05, 0) is 20.2 Å². The van der Waals surface area contributed by atoms with Gasteiger partial charge in [-0.2, -0.15) is 0 Å². The second-order valence-corrected chi connectivity index (χ2v) is 2.01. The van der Waals surface area contributed by atoms with Gasteiger partial charge < -0.3 is 10.6 Å². The maximum Gasteiger partial charge on any atom is 0.173 e. The molecule has 58 valence electrons. The average molecular weight is 142 g/mol. The lowest BCUT2D eigenvalue weighted by atomic mass is 10.2. The highest BCUT2D eigenvalue weighted by molar-refractivity contribution is 5.93. The maximum absolute atomic E-state index is 10.9. The number of nitrogens with one attached hydrogen (secondary N) is 2. The minimum Gasteiger partial charge on any atom is -0.318 e. The van der Waals surface area contributed by atoms with Crippen LogP contribution in [-0.2, 0) is 4.79 Å². The number of hydrogen-bond acceptors (Lipinski definition) is 3. The number of hydrogen-bond donors (Lipinski definition) is 2. The highest BCUT2D eigenvalue weighted by Gasteiger charge is 2.10. The van der Waals surface area contributed by atoms with Gasteiger partial charge in [-0.3, -0.25) is 4.79 Å². The van der Waals surface area contributed by atoms with Gasteiger partial charge in [0.25, 0.3) is 0 Å². The van der Waals surface area contributed by atoms with Crippen LogP contribution in [0.4, 0.5) is 0 Å². The van der Waals surface area contributed by atoms with E-state index in [4.69, 9.17) is 0 Å². The fourth-order valence-corrected chi connectivity index (χ4v) is 0.691. The Labute approximate surface area is 61.5 Å². The summed E-state index contributed by atoms with van der Waals surface area (Å²) < 4.78 is 0. The Hall–Kier alpha value is -0.670. The summed E-state index contributed by atoms with van der Waals surface area (Å²) in [4.78, 5) is 10.9. The molecule has 0 aliphatic heterocycles. The van der Waals surface area contributed by atoms with Crippen LogP contribution < -0.4 is 10.6 Å². The molecule has 0 aliphatic rings. The lowest BCUT2D eigenvalue weighted by molar-refractivity contribution is -0.116. The van der Waals surface area contributed by atoms with Crippen molar-refractivity contribution in [1.82, 2.24) is 10.6 Å². The number of likely N-dealkylation sites (N-methyl/N-ethyl adjacent to an activating group) is 2. The summed E-state index contributed by atoms with van der Waals surface area (Å²) >= 11 is 0. The third kappa shape index (κ3) is 2.75. The summed E-state index contributed by atoms with van der Waals surface area (Å²) in [5, 5.41) is 5.77. The molecule has 1 unspecified atom stereocenters. The quantitative estimate of drug-likeness (QED) is 0.511. The molecule has 0 amide bonds. The highest BCUT2D eigenvalue weighted by atomic mass is 16.1. The molecule has 0 aromatic carbocycles. The Morgan fingerprint density at radius 1 is 1.70 bits per heavy atom. The monoisotopic (exact) mass is 142 g/mol. The van der Waals surface area contributed by atoms with Gasteiger partial charge in [-0.1, -0.05) is 6.58 Å². The third-order valence-corrected chi connectivity index (χ3v) is 1.30. The van der Waals surface area contributed by atoms with E-state index < -0.39 is 0 Å². The molecule has 0 fully saturated rings. The molecule has 0 aliphatic carbocycles. The number of carbonyl (C=O) groups is 1. The first-order valence-electron chi connectivity index (χ1n) is 3.24. The first kappa shape index (κ1) is 9.33. The van der Waals surface area contributed by atoms with E-state index in [0.29, 0.717) is 6.54 Å². The van der Waals surface area contributed by atoms with E-state index >= 15 is 0 Å². The number of ketones is 1. The van der Waals surface area contributed by atoms with Gasteiger partial charge in [0, 0.05) is 6.54 Å². The summed E-state index contributed by atoms with van der Waals surface area (Å²) in [5.74, 6) is 0.0249. The van der Waals surface area contributed by atoms with Crippen molar-refractivity contribution in [3.8, 4) is 0 Å². The van der Waals surface area contributed by atoms with Crippen molar-refractivity contribution in [3.05, 3.63) is 12.7 Å². The molecule has 3 heteroatoms. The molecule has 0 radical (unpaired) electrons. The van der Waals surface area contributed by atoms with Gasteiger partial charge in [-0.15, -0.1) is 0 Å². The standard InChI is InChI=1S/C7H14N2O/c1-4-7(10)6(9-3)5-8-2/h4,6,8-9H,1,5H2,2-3H3. The normalized spacial score (nSPS) is 12.6. The molecule has 3 nitrogen and oxygen atoms in total. The van der Waals surface area contributed by atoms with Crippen molar-refractivity contribution in [3.63, 3.8) is 0 Å². The van der Waals surface area contributed by atoms with Crippen LogP contribution in [0.3, 0.4) is 0 Å². The van der Waals surface area contributed by atoms with Crippen molar-refractivity contribution in [2.75, 3.05) is 20.6 Å². The zero-order valence-corrected chi connectivity index (χ0v) is 6.48. The summed E-state index contributed by atoms with van der Waals surface area (Å²) in [6, 6.07) is -0.137. The molecule has 2 N–H and O–H groups in total. The number of carbonyl (C=O) groups excluding carboxylic acids is 1. The Morgan fingerprint density at radius 2 is 2.30 bits per heavy atom. The van der Waals surface area contributed by atoms with Crippen molar-refractivity contribution in [1.29, 1.82) is 0 Å². The smallest absolute Gasteiger partial charge is 0.173 e.